The van der Waals surface area contributed by atoms with Crippen molar-refractivity contribution in [1.29, 1.82) is 0 Å². The predicted octanol–water partition coefficient (Wildman–Crippen LogP) is 10.9. The number of aromatic hydroxyl groups is 3. The summed E-state index contributed by atoms with van der Waals surface area (Å²) in [5.41, 5.74) is 13.3. The van der Waals surface area contributed by atoms with Gasteiger partial charge in [-0.25, -0.2) is 0 Å². The van der Waals surface area contributed by atoms with E-state index >= 15 is 0 Å². The van der Waals surface area contributed by atoms with E-state index in [1.807, 2.05) is 30.5 Å². The van der Waals surface area contributed by atoms with Crippen LogP contribution in [0.2, 0.25) is 0 Å². The number of aromatic nitrogens is 3. The number of phenols is 3. The van der Waals surface area contributed by atoms with Crippen LogP contribution in [-0.2, 0) is 33.5 Å². The SMILES string of the molecule is CCN[C@H]1c2c3cccc2[C@@H]2CC4(CCCC4)[C@@](CC4=CCNC(N)=C4)(CN=C4N[C@@H](n5cc6cc[nH]c6c5)[C@@H]5[C@H](O)N[C@H]6CCCC[C@@H]6C#CC[C@]6([C@H]7C[C@@H](OC(C)=O)C[C@@H](c8cc(O)c(O)c(OCCc9cccnc9)c8)O7)CC#C[C@@H]7[C@@H](C[C@H](C3)C[C@@]57N4)Oc3cc(ccc3O)C6)[C@H]21. The first-order valence-corrected chi connectivity index (χ1v) is 37.5. The molecule has 0 radical (unpaired) electrons. The molecule has 17 rings (SSSR count). The predicted molar refractivity (Wildman–Crippen MR) is 384 cm³/mol. The molecule has 528 valence electrons. The first kappa shape index (κ1) is 65.7. The molecule has 0 unspecified atom stereocenters. The van der Waals surface area contributed by atoms with E-state index in [1.54, 1.807) is 24.5 Å². The number of nitrogens with zero attached hydrogens (tertiary/aromatic N) is 3. The van der Waals surface area contributed by atoms with E-state index in [2.05, 4.69) is 121 Å². The van der Waals surface area contributed by atoms with Crippen LogP contribution in [0.1, 0.15) is 174 Å². The van der Waals surface area contributed by atoms with Crippen LogP contribution >= 0.6 is 0 Å². The number of esters is 1. The highest BCUT2D eigenvalue weighted by atomic mass is 16.6. The van der Waals surface area contributed by atoms with Crippen LogP contribution in [0.4, 0.5) is 0 Å². The summed E-state index contributed by atoms with van der Waals surface area (Å²) in [6.07, 6.45) is 24.2. The number of aliphatic imine (C=N–C) groups is 1. The van der Waals surface area contributed by atoms with Gasteiger partial charge < -0.3 is 75.9 Å². The van der Waals surface area contributed by atoms with Gasteiger partial charge in [0.1, 0.15) is 24.6 Å². The number of benzene rings is 3. The molecular formula is C82H96N10O9. The summed E-state index contributed by atoms with van der Waals surface area (Å²) in [6, 6.07) is 21.9. The second-order valence-corrected chi connectivity index (χ2v) is 31.6. The van der Waals surface area contributed by atoms with E-state index in [9.17, 15) is 25.2 Å². The van der Waals surface area contributed by atoms with Crippen LogP contribution in [0.5, 0.6) is 28.7 Å². The number of hydrogen-bond donors (Lipinski definition) is 11. The number of allylic oxidation sites excluding steroid dienone is 2. The quantitative estimate of drug-likeness (QED) is 0.0309. The number of ether oxygens (including phenoxy) is 4. The van der Waals surface area contributed by atoms with Gasteiger partial charge in [0, 0.05) is 117 Å². The number of phenolic OH excluding ortho intramolecular Hbond substituents is 3. The molecule has 0 amide bonds. The van der Waals surface area contributed by atoms with Gasteiger partial charge in [-0.15, -0.1) is 11.8 Å². The number of pyridine rings is 1. The summed E-state index contributed by atoms with van der Waals surface area (Å²) in [7, 11) is 0. The Morgan fingerprint density at radius 2 is 1.81 bits per heavy atom. The molecule has 11 aliphatic rings. The van der Waals surface area contributed by atoms with Crippen LogP contribution in [0, 0.1) is 69.5 Å². The standard InChI is InChI=1S/C82H96N10O9/c1-3-85-74-71-54-14-8-16-58(71)59-43-80(26-6-7-27-80)81(72(59)74,41-51-21-29-87-70(83)35-51)47-88-78-90-76(92-45-55-22-30-86-62(55)46-92)73-77(97)89-61-18-5-4-13-53(61)15-9-24-79(25-10-17-60-66(34-52(32-54)42-82(60,73)91-78)100-67-33-50(40-79)19-20-63(67)94)69-39-57(99-48(2)93)38-65(101-69)56-36-64(95)75(96)68(37-56)98-31-23-49-12-11-28-84-44-49/h8,11-12,14,16,19-22,28,30,33,35-37,44-46,52-53,57,59-61,65-66,69,72-74,76-77,85-87,89,94-97H,3-7,13,18,23-27,29,31-32,34,38-43,47,83H2,1-2H3,(H2,88,90,91)/t52-,53+,57-,59-,60+,61-,65-,66+,69+,72+,73+,74-,76-,77-,79-,81-,82-/m0/s1. The minimum atomic E-state index is -1.12. The fourth-order valence-electron chi connectivity index (χ4n) is 21.7. The van der Waals surface area contributed by atoms with E-state index in [-0.39, 0.29) is 83.1 Å². The lowest BCUT2D eigenvalue weighted by Crippen LogP contribution is -2.76. The zero-order valence-corrected chi connectivity index (χ0v) is 58.0. The Labute approximate surface area is 591 Å². The molecule has 3 aromatic carbocycles. The average Bonchev–Trinajstić information content (AvgIpc) is 1.59. The number of fused-ring (bicyclic) bond motifs is 10. The molecule has 9 bridgehead atoms. The Kier molecular flexibility index (Phi) is 17.1. The Morgan fingerprint density at radius 1 is 0.941 bits per heavy atom. The van der Waals surface area contributed by atoms with E-state index in [4.69, 9.17) is 29.7 Å². The zero-order valence-electron chi connectivity index (χ0n) is 58.0. The highest BCUT2D eigenvalue weighted by molar-refractivity contribution is 5.83. The molecule has 6 aliphatic heterocycles. The van der Waals surface area contributed by atoms with E-state index in [1.165, 1.54) is 48.1 Å². The smallest absolute Gasteiger partial charge is 0.302 e. The Morgan fingerprint density at radius 3 is 2.64 bits per heavy atom. The molecule has 19 heteroatoms. The van der Waals surface area contributed by atoms with Crippen molar-refractivity contribution in [3.8, 4) is 52.4 Å². The Balaban J connectivity index is 0.862. The maximum atomic E-state index is 14.1. The number of carbonyl (C=O) groups is 1. The highest BCUT2D eigenvalue weighted by Gasteiger charge is 2.69. The van der Waals surface area contributed by atoms with Gasteiger partial charge >= 0.3 is 5.97 Å². The number of nitrogens with two attached hydrogens (primary N) is 1. The number of guanidine groups is 1. The molecule has 101 heavy (non-hydrogen) atoms. The lowest BCUT2D eigenvalue weighted by Gasteiger charge is -2.59. The number of aliphatic hydroxyl groups excluding tert-OH is 1. The number of rotatable bonds is 12. The molecule has 6 fully saturated rings. The molecule has 4 saturated carbocycles. The Bertz CT molecular complexity index is 4350. The molecule has 9 heterocycles. The molecule has 6 aromatic rings. The van der Waals surface area contributed by atoms with Crippen molar-refractivity contribution in [2.45, 2.75) is 196 Å². The number of dihydropyridines is 1. The topological polar surface area (TPSA) is 267 Å². The zero-order chi connectivity index (χ0) is 68.8. The van der Waals surface area contributed by atoms with E-state index in [0.29, 0.717) is 80.6 Å². The van der Waals surface area contributed by atoms with Gasteiger partial charge in [-0.05, 0) is 175 Å². The Hall–Kier alpha value is -8.59. The number of H-pyrrole nitrogens is 1. The monoisotopic (exact) mass is 1360 g/mol. The normalized spacial score (nSPS) is 34.1. The maximum Gasteiger partial charge on any atom is 0.302 e. The second kappa shape index (κ2) is 26.3. The third-order valence-electron chi connectivity index (χ3n) is 25.9. The van der Waals surface area contributed by atoms with Crippen LogP contribution in [0.15, 0.2) is 126 Å². The molecule has 2 spiro atoms. The van der Waals surface area contributed by atoms with Crippen LogP contribution < -0.4 is 41.8 Å². The number of aliphatic hydroxyl groups is 1. The maximum absolute atomic E-state index is 14.1. The van der Waals surface area contributed by atoms with Gasteiger partial charge in [0.15, 0.2) is 29.0 Å². The van der Waals surface area contributed by atoms with Gasteiger partial charge in [0.2, 0.25) is 5.75 Å². The van der Waals surface area contributed by atoms with Crippen LogP contribution in [0.3, 0.4) is 0 Å². The van der Waals surface area contributed by atoms with Gasteiger partial charge in [-0.2, -0.15) is 0 Å². The second-order valence-electron chi connectivity index (χ2n) is 31.6. The van der Waals surface area contributed by atoms with Crippen molar-refractivity contribution in [3.05, 3.63) is 155 Å². The van der Waals surface area contributed by atoms with Gasteiger partial charge in [0.25, 0.3) is 0 Å². The fraction of sp³-hybridized carbons (Fsp3) is 0.524. The summed E-state index contributed by atoms with van der Waals surface area (Å²) in [6.45, 7) is 5.92. The number of hydrogen-bond acceptors (Lipinski definition) is 17. The number of carbonyl (C=O) groups excluding carboxylic acids is 1. The van der Waals surface area contributed by atoms with Crippen molar-refractivity contribution >= 4 is 22.8 Å². The lowest BCUT2D eigenvalue weighted by atomic mass is 9.56. The summed E-state index contributed by atoms with van der Waals surface area (Å²) in [5, 5.41) is 70.5. The molecule has 17 atom stereocenters. The lowest BCUT2D eigenvalue weighted by molar-refractivity contribution is -0.174. The van der Waals surface area contributed by atoms with Crippen LogP contribution in [0.25, 0.3) is 10.9 Å². The third-order valence-corrected chi connectivity index (χ3v) is 25.9. The summed E-state index contributed by atoms with van der Waals surface area (Å²) in [4.78, 5) is 27.3. The van der Waals surface area contributed by atoms with Gasteiger partial charge in [-0.3, -0.25) is 20.1 Å². The van der Waals surface area contributed by atoms with E-state index in [0.717, 1.165) is 86.4 Å². The molecule has 5 aliphatic carbocycles. The summed E-state index contributed by atoms with van der Waals surface area (Å²) >= 11 is 0. The number of aromatic amines is 1. The van der Waals surface area contributed by atoms with Crippen molar-refractivity contribution in [1.82, 2.24) is 41.1 Å². The fourth-order valence-corrected chi connectivity index (χ4v) is 21.7. The van der Waals surface area contributed by atoms with Gasteiger partial charge in [0.05, 0.1) is 47.5 Å². The molecule has 3 aromatic heterocycles. The highest BCUT2D eigenvalue weighted by Crippen LogP contribution is 2.75. The minimum Gasteiger partial charge on any atom is -0.504 e. The van der Waals surface area contributed by atoms with Crippen molar-refractivity contribution in [3.63, 3.8) is 0 Å². The summed E-state index contributed by atoms with van der Waals surface area (Å²) < 4.78 is 30.0. The average molecular weight is 1370 g/mol. The molecule has 12 N–H and O–H groups in total. The molecular weight excluding hydrogens is 1270 g/mol. The number of nitrogens with one attached hydrogen (secondary N) is 6. The van der Waals surface area contributed by atoms with Crippen molar-refractivity contribution in [2.24, 2.45) is 56.6 Å². The van der Waals surface area contributed by atoms with Crippen molar-refractivity contribution < 1.29 is 44.2 Å². The first-order chi connectivity index (χ1) is 49.2. The minimum absolute atomic E-state index is 0.00481. The third kappa shape index (κ3) is 11.7. The molecule has 2 saturated heterocycles. The van der Waals surface area contributed by atoms with Gasteiger partial charge in [-0.1, -0.05) is 80.9 Å². The van der Waals surface area contributed by atoms with Crippen molar-refractivity contribution in [2.75, 3.05) is 26.2 Å². The molecule has 19 nitrogen and oxygen atoms in total. The first-order valence-electron chi connectivity index (χ1n) is 37.5. The van der Waals surface area contributed by atoms with Crippen LogP contribution in [-0.4, -0.2) is 109 Å². The summed E-state index contributed by atoms with van der Waals surface area (Å²) in [5.74, 6) is 15.4. The largest absolute Gasteiger partial charge is 0.504 e. The van der Waals surface area contributed by atoms with E-state index < -0.39 is 65.6 Å².